The second-order valence-electron chi connectivity index (χ2n) is 27.0. The number of amides is 7. The van der Waals surface area contributed by atoms with Crippen LogP contribution in [0.2, 0.25) is 0 Å². The minimum atomic E-state index is -5.32. The number of fused-ring (bicyclic) bond motifs is 7. The molecule has 7 heterocycles. The molecule has 6 aliphatic rings. The van der Waals surface area contributed by atoms with Gasteiger partial charge in [0.1, 0.15) is 18.3 Å². The Morgan fingerprint density at radius 3 is 1.96 bits per heavy atom. The summed E-state index contributed by atoms with van der Waals surface area (Å²) in [5.74, 6) is -7.40. The van der Waals surface area contributed by atoms with E-state index in [2.05, 4.69) is 10.3 Å². The first-order valence-corrected chi connectivity index (χ1v) is 32.0. The first kappa shape index (κ1) is 74.5. The van der Waals surface area contributed by atoms with Crippen LogP contribution in [0.1, 0.15) is 150 Å². The quantitative estimate of drug-likeness (QED) is 0.0611. The van der Waals surface area contributed by atoms with Crippen LogP contribution in [0.3, 0.4) is 0 Å². The molecule has 509 valence electrons. The number of aliphatic hydroxyl groups is 2. The van der Waals surface area contributed by atoms with Crippen LogP contribution in [-0.4, -0.2) is 133 Å². The van der Waals surface area contributed by atoms with E-state index in [9.17, 15) is 53.2 Å². The number of carbonyl (C=O) groups excluding carboxylic acids is 7. The topological polar surface area (TPSA) is 496 Å². The maximum Gasteiger partial charge on any atom is 0.268 e. The molecule has 92 heavy (non-hydrogen) atoms. The molecule has 1 aromatic carbocycles. The normalized spacial score (nSPS) is 32.9. The fourth-order valence-electron chi connectivity index (χ4n) is 15.3. The number of carbonyl (C=O) groups is 7. The number of phosphoric ester groups is 1. The molecule has 15 atom stereocenters. The number of rotatable bonds is 26. The second kappa shape index (κ2) is 27.8. The minimum Gasteiger partial charge on any atom is -0.756 e. The Morgan fingerprint density at radius 2 is 1.38 bits per heavy atom. The average Bonchev–Trinajstić information content (AvgIpc) is 1.53. The summed E-state index contributed by atoms with van der Waals surface area (Å²) in [5.41, 5.74) is 36.7. The van der Waals surface area contributed by atoms with Gasteiger partial charge in [-0.05, 0) is 119 Å². The second-order valence-corrected chi connectivity index (χ2v) is 28.3. The molecule has 2 fully saturated rings. The number of benzene rings is 1. The summed E-state index contributed by atoms with van der Waals surface area (Å²) < 4.78 is 31.9. The largest absolute Gasteiger partial charge is 0.756 e. The van der Waals surface area contributed by atoms with Crippen LogP contribution >= 0.6 is 7.82 Å². The third-order valence-electron chi connectivity index (χ3n) is 20.5. The van der Waals surface area contributed by atoms with Crippen molar-refractivity contribution in [2.75, 3.05) is 13.2 Å². The maximum absolute atomic E-state index is 14.4. The number of primary amides is 6. The van der Waals surface area contributed by atoms with E-state index in [4.69, 9.17) is 68.5 Å². The van der Waals surface area contributed by atoms with Gasteiger partial charge in [-0.3, -0.25) is 53.1 Å². The predicted molar refractivity (Wildman–Crippen MR) is 335 cm³/mol. The van der Waals surface area contributed by atoms with Crippen LogP contribution in [0.15, 0.2) is 67.8 Å². The van der Waals surface area contributed by atoms with Gasteiger partial charge in [0.15, 0.2) is 6.23 Å². The molecule has 1 radical (unpaired) electrons. The van der Waals surface area contributed by atoms with Gasteiger partial charge < -0.3 is 84.0 Å². The van der Waals surface area contributed by atoms with E-state index in [-0.39, 0.29) is 99.4 Å². The predicted octanol–water partition coefficient (Wildman–Crippen LogP) is 2.49. The number of hydrogen-bond acceptors (Lipinski definition) is 18. The van der Waals surface area contributed by atoms with Gasteiger partial charge in [0.25, 0.3) is 7.82 Å². The zero-order chi connectivity index (χ0) is 66.7. The Morgan fingerprint density at radius 1 is 0.793 bits per heavy atom. The number of allylic oxidation sites excluding steroid dienone is 6. The fraction of sp³-hybridized carbons (Fsp3) is 0.629. The summed E-state index contributed by atoms with van der Waals surface area (Å²) in [6.45, 7) is 19.0. The number of imidazole rings is 1. The molecule has 0 saturated carbocycles. The smallest absolute Gasteiger partial charge is 0.268 e. The Balaban J connectivity index is 0.00000672. The molecule has 0 aliphatic carbocycles. The average molecular weight is 1350 g/mol. The van der Waals surface area contributed by atoms with Crippen molar-refractivity contribution in [2.45, 2.75) is 189 Å². The van der Waals surface area contributed by atoms with Crippen molar-refractivity contribution in [3.8, 4) is 0 Å². The Bertz CT molecular complexity index is 3550. The first-order chi connectivity index (χ1) is 41.8. The number of phosphoric acid groups is 1. The Kier molecular flexibility index (Phi) is 22.5. The van der Waals surface area contributed by atoms with Crippen molar-refractivity contribution in [1.29, 1.82) is 0 Å². The molecule has 6 aliphatic heterocycles. The molecule has 2 aromatic rings. The van der Waals surface area contributed by atoms with Crippen LogP contribution in [-0.2, 0) is 68.7 Å². The van der Waals surface area contributed by atoms with E-state index in [0.717, 1.165) is 11.1 Å². The molecule has 8 bridgehead atoms. The molecule has 30 heteroatoms. The molecule has 1 aromatic heterocycles. The van der Waals surface area contributed by atoms with Gasteiger partial charge in [-0.15, -0.1) is 0 Å². The summed E-state index contributed by atoms with van der Waals surface area (Å²) in [7, 11) is -5.32. The van der Waals surface area contributed by atoms with Gasteiger partial charge in [-0.25, -0.2) is 4.98 Å². The number of nitrogens with zero attached hydrogens (tertiary/aromatic N) is 6. The van der Waals surface area contributed by atoms with Gasteiger partial charge >= 0.3 is 0 Å². The summed E-state index contributed by atoms with van der Waals surface area (Å²) in [4.78, 5) is 128. The third-order valence-corrected chi connectivity index (χ3v) is 21.6. The van der Waals surface area contributed by atoms with Gasteiger partial charge in [0, 0.05) is 125 Å². The monoisotopic (exact) mass is 1350 g/mol. The number of aliphatic hydroxyl groups excluding tert-OH is 2. The number of nitrogens with one attached hydrogen (secondary N) is 1. The van der Waals surface area contributed by atoms with Gasteiger partial charge in [0.2, 0.25) is 41.4 Å². The molecular formula is C62H90CoN13O15P-2. The van der Waals surface area contributed by atoms with Gasteiger partial charge in [0.05, 0.1) is 41.3 Å². The van der Waals surface area contributed by atoms with E-state index in [1.54, 1.807) is 6.92 Å². The van der Waals surface area contributed by atoms with Gasteiger partial charge in [-0.2, -0.15) is 5.70 Å². The van der Waals surface area contributed by atoms with Crippen molar-refractivity contribution in [3.63, 3.8) is 0 Å². The molecule has 0 spiro atoms. The summed E-state index contributed by atoms with van der Waals surface area (Å²) in [6.07, 6.45) is -4.79. The van der Waals surface area contributed by atoms with Crippen molar-refractivity contribution >= 4 is 77.3 Å². The zero-order valence-electron chi connectivity index (χ0n) is 54.0. The minimum absolute atomic E-state index is 0. The van der Waals surface area contributed by atoms with E-state index in [1.165, 1.54) is 17.8 Å². The van der Waals surface area contributed by atoms with Crippen molar-refractivity contribution in [3.05, 3.63) is 69.2 Å². The van der Waals surface area contributed by atoms with Gasteiger partial charge in [-0.1, -0.05) is 40.7 Å². The maximum atomic E-state index is 14.4. The van der Waals surface area contributed by atoms with Crippen LogP contribution in [0.4, 0.5) is 0 Å². The number of hydrogen-bond donors (Lipinski definition) is 9. The van der Waals surface area contributed by atoms with Crippen LogP contribution in [0, 0.1) is 59.2 Å². The number of nitrogens with two attached hydrogens (primary N) is 6. The molecule has 2 unspecified atom stereocenters. The number of ether oxygens (including phenoxy) is 1. The molecule has 28 nitrogen and oxygen atoms in total. The summed E-state index contributed by atoms with van der Waals surface area (Å²) in [6, 6.07) is 2.65. The van der Waals surface area contributed by atoms with E-state index >= 15 is 0 Å². The van der Waals surface area contributed by atoms with E-state index < -0.39 is 143 Å². The molecule has 7 amide bonds. The first-order valence-electron chi connectivity index (χ1n) is 30.5. The van der Waals surface area contributed by atoms with E-state index in [0.29, 0.717) is 56.4 Å². The fourth-order valence-corrected chi connectivity index (χ4v) is 16.4. The summed E-state index contributed by atoms with van der Waals surface area (Å²) in [5, 5.41) is 30.1. The van der Waals surface area contributed by atoms with Crippen molar-refractivity contribution in [2.24, 2.45) is 94.7 Å². The Hall–Kier alpha value is -6.53. The number of aromatic nitrogens is 2. The molecule has 2 saturated heterocycles. The molecular weight excluding hydrogens is 1260 g/mol. The Labute approximate surface area is 545 Å². The third kappa shape index (κ3) is 14.1. The van der Waals surface area contributed by atoms with Crippen LogP contribution in [0.25, 0.3) is 16.4 Å². The van der Waals surface area contributed by atoms with Crippen molar-refractivity contribution in [1.82, 2.24) is 14.9 Å². The number of aliphatic imine (C=N–C) groups is 3. The van der Waals surface area contributed by atoms with Crippen LogP contribution < -0.4 is 44.6 Å². The van der Waals surface area contributed by atoms with E-state index in [1.807, 2.05) is 80.5 Å². The van der Waals surface area contributed by atoms with Crippen LogP contribution in [0.5, 0.6) is 0 Å². The SMILES string of the molecule is C/C1=C2/[N-][C@H]([C@H](CC(N)=O)[C@@]2(C)CCC(=O)NCC(C)OP(=O)([O-])O[C@H]2[C@@H](O)[C@@H](n3cnc4cc(C)c(C)cc43)O[C@@H]2CO)[C@]2(C)N=C(/C(C)=C3\N=C(C=C4N=C1[C@@H](CCC(N)=O)C4(C)C)[C@@H](CCC(N)=O)[C@]3(C)CC(N)=O)[C@@H](CCC(N)=O)[C@]2(C)CC(N)=O.O.[Co]. The molecule has 8 rings (SSSR count). The standard InChI is InChI=1S/C62H90N13O14P.Co.H2O/c1-29-20-39-40(21-30(29)2)75(28-70-39)57-52(84)53(41(27-76)87-57)89-90(85,86)88-31(3)26-69-49(83)18-19-59(8)37(22-46(66)80)56-62(11)61(10,25-48(68)82)36(14-17-45(65)79)51(74-62)33(5)55-60(9,24-47(67)81)34(12-15-43(63)77)38(71-55)23-42-58(6,7)35(13-16-44(64)78)50(72-42)32(4)54(59)73-56;;/h20-21,23,28,31,34-37,41,52-53,56-57,76,84H,12-19,22,24-27H2,1-11H3,(H15,63,64,65,66,67,68,69,71,72,73,74,77,78,79,80,81,82,83,85,86);;1H2/p-2/t31?,34-,35-,36-,37+,41-,52-,53-,56-,57+,59-,60+,61+,62+;;/m1../s1. The zero-order valence-corrected chi connectivity index (χ0v) is 55.9. The summed E-state index contributed by atoms with van der Waals surface area (Å²) >= 11 is 0. The molecule has 17 N–H and O–H groups in total. The van der Waals surface area contributed by atoms with Crippen molar-refractivity contribution < 1.29 is 89.3 Å². The number of aryl methyl sites for hydroxylation is 2.